The first kappa shape index (κ1) is 12.8. The molecule has 0 saturated carbocycles. The first-order chi connectivity index (χ1) is 8.65. The maximum absolute atomic E-state index is 13.2. The summed E-state index contributed by atoms with van der Waals surface area (Å²) in [6.45, 7) is 1.09. The molecule has 1 atom stereocenters. The van der Waals surface area contributed by atoms with Crippen LogP contribution in [0.1, 0.15) is 12.8 Å². The minimum absolute atomic E-state index is 0.0221. The van der Waals surface area contributed by atoms with Gasteiger partial charge in [-0.1, -0.05) is 0 Å². The van der Waals surface area contributed by atoms with E-state index in [9.17, 15) is 13.6 Å². The first-order valence-electron chi connectivity index (χ1n) is 5.76. The molecular formula is C12H14F2N2O2. The van der Waals surface area contributed by atoms with E-state index in [1.807, 2.05) is 0 Å². The van der Waals surface area contributed by atoms with Gasteiger partial charge >= 0.3 is 6.03 Å². The Hall–Kier alpha value is -1.69. The number of rotatable bonds is 3. The van der Waals surface area contributed by atoms with Gasteiger partial charge in [-0.2, -0.15) is 0 Å². The highest BCUT2D eigenvalue weighted by Gasteiger charge is 2.16. The lowest BCUT2D eigenvalue weighted by atomic mass is 10.2. The molecule has 0 radical (unpaired) electrons. The molecule has 6 heteroatoms. The van der Waals surface area contributed by atoms with Gasteiger partial charge in [0.1, 0.15) is 11.6 Å². The number of benzene rings is 1. The third-order valence-electron chi connectivity index (χ3n) is 2.69. The van der Waals surface area contributed by atoms with E-state index in [0.29, 0.717) is 13.2 Å². The number of anilines is 1. The zero-order chi connectivity index (χ0) is 13.0. The highest BCUT2D eigenvalue weighted by atomic mass is 19.1. The molecule has 0 spiro atoms. The van der Waals surface area contributed by atoms with Gasteiger partial charge in [0.25, 0.3) is 0 Å². The topological polar surface area (TPSA) is 50.4 Å². The average molecular weight is 256 g/mol. The summed E-state index contributed by atoms with van der Waals surface area (Å²) in [5, 5.41) is 4.89. The Morgan fingerprint density at radius 2 is 2.28 bits per heavy atom. The summed E-state index contributed by atoms with van der Waals surface area (Å²) >= 11 is 0. The molecule has 1 aliphatic heterocycles. The highest BCUT2D eigenvalue weighted by molar-refractivity contribution is 5.89. The molecule has 2 N–H and O–H groups in total. The summed E-state index contributed by atoms with van der Waals surface area (Å²) in [7, 11) is 0. The molecule has 2 rings (SSSR count). The third-order valence-corrected chi connectivity index (χ3v) is 2.69. The van der Waals surface area contributed by atoms with E-state index < -0.39 is 17.7 Å². The summed E-state index contributed by atoms with van der Waals surface area (Å²) in [6, 6.07) is 2.45. The Kier molecular flexibility index (Phi) is 4.09. The van der Waals surface area contributed by atoms with E-state index in [-0.39, 0.29) is 11.8 Å². The van der Waals surface area contributed by atoms with E-state index in [0.717, 1.165) is 25.0 Å². The molecule has 98 valence electrons. The van der Waals surface area contributed by atoms with Crippen molar-refractivity contribution in [3.8, 4) is 0 Å². The molecule has 0 aromatic heterocycles. The van der Waals surface area contributed by atoms with Gasteiger partial charge in [-0.3, -0.25) is 0 Å². The Morgan fingerprint density at radius 3 is 2.94 bits per heavy atom. The van der Waals surface area contributed by atoms with Gasteiger partial charge in [0.2, 0.25) is 0 Å². The molecule has 1 aromatic rings. The maximum Gasteiger partial charge on any atom is 0.319 e. The van der Waals surface area contributed by atoms with Crippen molar-refractivity contribution in [2.75, 3.05) is 18.5 Å². The molecule has 1 heterocycles. The zero-order valence-electron chi connectivity index (χ0n) is 9.71. The molecule has 0 unspecified atom stereocenters. The molecule has 1 saturated heterocycles. The van der Waals surface area contributed by atoms with Gasteiger partial charge in [0.05, 0.1) is 11.8 Å². The van der Waals surface area contributed by atoms with Gasteiger partial charge in [-0.25, -0.2) is 13.6 Å². The highest BCUT2D eigenvalue weighted by Crippen LogP contribution is 2.15. The van der Waals surface area contributed by atoms with Gasteiger partial charge in [0, 0.05) is 19.2 Å². The second-order valence-corrected chi connectivity index (χ2v) is 4.09. The maximum atomic E-state index is 13.2. The standard InChI is InChI=1S/C12H14F2N2O2/c13-8-3-4-11(10(14)6-8)16-12(17)15-7-9-2-1-5-18-9/h3-4,6,9H,1-2,5,7H2,(H2,15,16,17)/t9-/m1/s1. The SMILES string of the molecule is O=C(NC[C@H]1CCCO1)Nc1ccc(F)cc1F. The van der Waals surface area contributed by atoms with Crippen LogP contribution in [0.15, 0.2) is 18.2 Å². The summed E-state index contributed by atoms with van der Waals surface area (Å²) in [5.41, 5.74) is -0.0544. The molecule has 18 heavy (non-hydrogen) atoms. The van der Waals surface area contributed by atoms with Crippen molar-refractivity contribution >= 4 is 11.7 Å². The van der Waals surface area contributed by atoms with Crippen LogP contribution in [-0.2, 0) is 4.74 Å². The molecule has 2 amide bonds. The van der Waals surface area contributed by atoms with Crippen molar-refractivity contribution in [3.05, 3.63) is 29.8 Å². The predicted octanol–water partition coefficient (Wildman–Crippen LogP) is 2.27. The van der Waals surface area contributed by atoms with E-state index in [1.54, 1.807) is 0 Å². The number of carbonyl (C=O) groups is 1. The van der Waals surface area contributed by atoms with E-state index in [4.69, 9.17) is 4.74 Å². The fraction of sp³-hybridized carbons (Fsp3) is 0.417. The number of ether oxygens (including phenoxy) is 1. The Morgan fingerprint density at radius 1 is 1.44 bits per heavy atom. The van der Waals surface area contributed by atoms with Crippen LogP contribution in [0.4, 0.5) is 19.3 Å². The van der Waals surface area contributed by atoms with Gasteiger partial charge < -0.3 is 15.4 Å². The van der Waals surface area contributed by atoms with Crippen LogP contribution in [0.3, 0.4) is 0 Å². The molecule has 1 fully saturated rings. The van der Waals surface area contributed by atoms with Gasteiger partial charge in [0.15, 0.2) is 0 Å². The summed E-state index contributed by atoms with van der Waals surface area (Å²) in [5.74, 6) is -1.49. The average Bonchev–Trinajstić information content (AvgIpc) is 2.83. The van der Waals surface area contributed by atoms with E-state index >= 15 is 0 Å². The largest absolute Gasteiger partial charge is 0.376 e. The number of carbonyl (C=O) groups excluding carboxylic acids is 1. The number of amides is 2. The van der Waals surface area contributed by atoms with Crippen molar-refractivity contribution in [1.29, 1.82) is 0 Å². The Balaban J connectivity index is 1.82. The van der Waals surface area contributed by atoms with Crippen molar-refractivity contribution in [3.63, 3.8) is 0 Å². The number of nitrogens with one attached hydrogen (secondary N) is 2. The monoisotopic (exact) mass is 256 g/mol. The first-order valence-corrected chi connectivity index (χ1v) is 5.76. The van der Waals surface area contributed by atoms with Crippen molar-refractivity contribution in [2.24, 2.45) is 0 Å². The molecular weight excluding hydrogens is 242 g/mol. The van der Waals surface area contributed by atoms with E-state index in [1.165, 1.54) is 6.07 Å². The summed E-state index contributed by atoms with van der Waals surface area (Å²) in [6.07, 6.45) is 1.92. The lowest BCUT2D eigenvalue weighted by Crippen LogP contribution is -2.35. The quantitative estimate of drug-likeness (QED) is 0.871. The Bertz CT molecular complexity index is 434. The molecule has 1 aromatic carbocycles. The second kappa shape index (κ2) is 5.77. The minimum Gasteiger partial charge on any atom is -0.376 e. The van der Waals surface area contributed by atoms with Crippen LogP contribution in [0.25, 0.3) is 0 Å². The predicted molar refractivity (Wildman–Crippen MR) is 62.4 cm³/mol. The molecule has 4 nitrogen and oxygen atoms in total. The van der Waals surface area contributed by atoms with Crippen LogP contribution >= 0.6 is 0 Å². The van der Waals surface area contributed by atoms with Crippen LogP contribution in [0, 0.1) is 11.6 Å². The normalized spacial score (nSPS) is 18.7. The van der Waals surface area contributed by atoms with Crippen LogP contribution in [0.2, 0.25) is 0 Å². The molecule has 1 aliphatic rings. The number of halogens is 2. The van der Waals surface area contributed by atoms with Gasteiger partial charge in [-0.05, 0) is 25.0 Å². The summed E-state index contributed by atoms with van der Waals surface area (Å²) in [4.78, 5) is 11.5. The van der Waals surface area contributed by atoms with Crippen molar-refractivity contribution in [1.82, 2.24) is 5.32 Å². The van der Waals surface area contributed by atoms with Crippen LogP contribution in [0.5, 0.6) is 0 Å². The molecule has 0 bridgehead atoms. The number of hydrogen-bond acceptors (Lipinski definition) is 2. The molecule has 0 aliphatic carbocycles. The number of hydrogen-bond donors (Lipinski definition) is 2. The third kappa shape index (κ3) is 3.40. The fourth-order valence-electron chi connectivity index (χ4n) is 1.77. The van der Waals surface area contributed by atoms with Crippen molar-refractivity contribution in [2.45, 2.75) is 18.9 Å². The van der Waals surface area contributed by atoms with E-state index in [2.05, 4.69) is 10.6 Å². The van der Waals surface area contributed by atoms with Crippen LogP contribution in [-0.4, -0.2) is 25.3 Å². The van der Waals surface area contributed by atoms with Crippen molar-refractivity contribution < 1.29 is 18.3 Å². The number of urea groups is 1. The lowest BCUT2D eigenvalue weighted by Gasteiger charge is -2.12. The second-order valence-electron chi connectivity index (χ2n) is 4.09. The summed E-state index contributed by atoms with van der Waals surface area (Å²) < 4.78 is 31.2. The smallest absolute Gasteiger partial charge is 0.319 e. The lowest BCUT2D eigenvalue weighted by molar-refractivity contribution is 0.112. The minimum atomic E-state index is -0.803. The zero-order valence-corrected chi connectivity index (χ0v) is 9.71. The fourth-order valence-corrected chi connectivity index (χ4v) is 1.77. The Labute approximate surface area is 103 Å². The van der Waals surface area contributed by atoms with Crippen LogP contribution < -0.4 is 10.6 Å². The van der Waals surface area contributed by atoms with Gasteiger partial charge in [-0.15, -0.1) is 0 Å².